The number of rotatable bonds is 5. The number of amides is 3. The Morgan fingerprint density at radius 2 is 1.82 bits per heavy atom. The van der Waals surface area contributed by atoms with Gasteiger partial charge in [-0.1, -0.05) is 17.8 Å². The normalized spacial score (nSPS) is 11.8. The monoisotopic (exact) mass is 396 g/mol. The van der Waals surface area contributed by atoms with E-state index in [-0.39, 0.29) is 0 Å². The third kappa shape index (κ3) is 4.20. The molecule has 0 spiro atoms. The number of benzene rings is 1. The maximum absolute atomic E-state index is 12.1. The van der Waals surface area contributed by atoms with Crippen molar-refractivity contribution in [2.24, 2.45) is 5.73 Å². The Labute approximate surface area is 166 Å². The van der Waals surface area contributed by atoms with Crippen LogP contribution in [0.15, 0.2) is 47.9 Å². The third-order valence-corrected chi connectivity index (χ3v) is 5.26. The summed E-state index contributed by atoms with van der Waals surface area (Å²) in [5, 5.41) is 10.6. The lowest BCUT2D eigenvalue weighted by Gasteiger charge is -2.14. The summed E-state index contributed by atoms with van der Waals surface area (Å²) >= 11 is 1.19. The van der Waals surface area contributed by atoms with Crippen LogP contribution in [0.4, 0.5) is 4.79 Å². The van der Waals surface area contributed by atoms with Crippen LogP contribution in [-0.4, -0.2) is 36.9 Å². The van der Waals surface area contributed by atoms with Gasteiger partial charge in [0.05, 0.1) is 10.9 Å². The van der Waals surface area contributed by atoms with Gasteiger partial charge in [-0.15, -0.1) is 10.2 Å². The second-order valence-corrected chi connectivity index (χ2v) is 7.57. The number of pyridine rings is 1. The molecular formula is C19H20N6O2S. The molecule has 2 heterocycles. The summed E-state index contributed by atoms with van der Waals surface area (Å²) in [5.74, 6) is 0.147. The fourth-order valence-electron chi connectivity index (χ4n) is 2.57. The number of imide groups is 1. The second-order valence-electron chi connectivity index (χ2n) is 6.26. The van der Waals surface area contributed by atoms with Gasteiger partial charge in [0.2, 0.25) is 5.91 Å². The number of urea groups is 1. The van der Waals surface area contributed by atoms with Gasteiger partial charge in [0, 0.05) is 18.0 Å². The second kappa shape index (κ2) is 8.22. The standard InChI is InChI=1S/C19H20N6O2S/c1-11-4-5-15(10-12(11)2)25-16(14-6-8-21-9-7-14)23-24-19(25)28-13(3)17(26)22-18(20)27/h4-10,13H,1-3H3,(H3,20,22,26,27)/t13-/m1/s1. The SMILES string of the molecule is Cc1ccc(-n2c(S[C@H](C)C(=O)NC(N)=O)nnc2-c2ccncc2)cc1C. The van der Waals surface area contributed by atoms with E-state index in [2.05, 4.69) is 20.5 Å². The molecule has 0 saturated heterocycles. The first-order chi connectivity index (χ1) is 13.4. The molecule has 1 aromatic carbocycles. The summed E-state index contributed by atoms with van der Waals surface area (Å²) in [6, 6.07) is 8.86. The first-order valence-corrected chi connectivity index (χ1v) is 9.45. The quantitative estimate of drug-likeness (QED) is 0.641. The van der Waals surface area contributed by atoms with Crippen LogP contribution in [0.2, 0.25) is 0 Å². The minimum absolute atomic E-state index is 0.488. The summed E-state index contributed by atoms with van der Waals surface area (Å²) in [7, 11) is 0. The molecule has 3 rings (SSSR count). The lowest BCUT2D eigenvalue weighted by atomic mass is 10.1. The van der Waals surface area contributed by atoms with Gasteiger partial charge in [-0.05, 0) is 56.2 Å². The van der Waals surface area contributed by atoms with Gasteiger partial charge >= 0.3 is 6.03 Å². The Morgan fingerprint density at radius 1 is 1.11 bits per heavy atom. The van der Waals surface area contributed by atoms with E-state index in [1.165, 1.54) is 17.3 Å². The zero-order valence-electron chi connectivity index (χ0n) is 15.7. The molecule has 0 aliphatic rings. The van der Waals surface area contributed by atoms with Crippen LogP contribution in [-0.2, 0) is 4.79 Å². The topological polar surface area (TPSA) is 116 Å². The third-order valence-electron chi connectivity index (χ3n) is 4.22. The van der Waals surface area contributed by atoms with Gasteiger partial charge in [0.25, 0.3) is 0 Å². The Balaban J connectivity index is 2.05. The van der Waals surface area contributed by atoms with E-state index in [0.717, 1.165) is 16.8 Å². The van der Waals surface area contributed by atoms with Crippen LogP contribution in [0.5, 0.6) is 0 Å². The molecular weight excluding hydrogens is 376 g/mol. The predicted molar refractivity (Wildman–Crippen MR) is 107 cm³/mol. The van der Waals surface area contributed by atoms with Gasteiger partial charge in [-0.3, -0.25) is 19.7 Å². The van der Waals surface area contributed by atoms with Crippen molar-refractivity contribution in [3.8, 4) is 17.1 Å². The minimum Gasteiger partial charge on any atom is -0.351 e. The Morgan fingerprint density at radius 3 is 2.46 bits per heavy atom. The summed E-state index contributed by atoms with van der Waals surface area (Å²) < 4.78 is 1.89. The summed E-state index contributed by atoms with van der Waals surface area (Å²) in [4.78, 5) is 27.1. The zero-order chi connectivity index (χ0) is 20.3. The lowest BCUT2D eigenvalue weighted by molar-refractivity contribution is -0.119. The number of primary amides is 1. The maximum atomic E-state index is 12.1. The van der Waals surface area contributed by atoms with E-state index in [0.29, 0.717) is 11.0 Å². The number of hydrogen-bond donors (Lipinski definition) is 2. The molecule has 8 nitrogen and oxygen atoms in total. The van der Waals surface area contributed by atoms with Crippen LogP contribution in [0.25, 0.3) is 17.1 Å². The minimum atomic E-state index is -0.884. The number of hydrogen-bond acceptors (Lipinski definition) is 6. The largest absolute Gasteiger partial charge is 0.351 e. The van der Waals surface area contributed by atoms with Crippen LogP contribution in [0.3, 0.4) is 0 Å². The first-order valence-electron chi connectivity index (χ1n) is 8.57. The molecule has 0 aliphatic carbocycles. The number of aryl methyl sites for hydroxylation is 2. The van der Waals surface area contributed by atoms with Crippen LogP contribution < -0.4 is 11.1 Å². The van der Waals surface area contributed by atoms with Crippen molar-refractivity contribution in [1.29, 1.82) is 0 Å². The Hall–Kier alpha value is -3.20. The zero-order valence-corrected chi connectivity index (χ0v) is 16.5. The van der Waals surface area contributed by atoms with E-state index in [9.17, 15) is 9.59 Å². The highest BCUT2D eigenvalue weighted by Crippen LogP contribution is 2.30. The van der Waals surface area contributed by atoms with Crippen molar-refractivity contribution in [3.05, 3.63) is 53.9 Å². The highest BCUT2D eigenvalue weighted by atomic mass is 32.2. The molecule has 3 amide bonds. The highest BCUT2D eigenvalue weighted by molar-refractivity contribution is 8.00. The van der Waals surface area contributed by atoms with Crippen LogP contribution in [0, 0.1) is 13.8 Å². The number of nitrogens with zero attached hydrogens (tertiary/aromatic N) is 4. The number of aromatic nitrogens is 4. The van der Waals surface area contributed by atoms with E-state index < -0.39 is 17.2 Å². The first kappa shape index (κ1) is 19.6. The highest BCUT2D eigenvalue weighted by Gasteiger charge is 2.22. The summed E-state index contributed by atoms with van der Waals surface area (Å²) in [6.45, 7) is 5.75. The summed E-state index contributed by atoms with van der Waals surface area (Å²) in [5.41, 5.74) is 9.06. The van der Waals surface area contributed by atoms with Crippen LogP contribution in [0.1, 0.15) is 18.1 Å². The van der Waals surface area contributed by atoms with Gasteiger partial charge in [-0.25, -0.2) is 4.79 Å². The number of carbonyl (C=O) groups excluding carboxylic acids is 2. The van der Waals surface area contributed by atoms with Gasteiger partial charge in [-0.2, -0.15) is 0 Å². The number of nitrogens with one attached hydrogen (secondary N) is 1. The fourth-order valence-corrected chi connectivity index (χ4v) is 3.43. The molecule has 3 aromatic rings. The van der Waals surface area contributed by atoms with Gasteiger partial charge in [0.15, 0.2) is 11.0 Å². The molecule has 0 radical (unpaired) electrons. The molecule has 0 aliphatic heterocycles. The van der Waals surface area contributed by atoms with E-state index in [4.69, 9.17) is 5.73 Å². The van der Waals surface area contributed by atoms with Crippen molar-refractivity contribution in [1.82, 2.24) is 25.1 Å². The Kier molecular flexibility index (Phi) is 5.74. The van der Waals surface area contributed by atoms with Crippen molar-refractivity contribution in [2.75, 3.05) is 0 Å². The van der Waals surface area contributed by atoms with Crippen molar-refractivity contribution >= 4 is 23.7 Å². The van der Waals surface area contributed by atoms with Gasteiger partial charge < -0.3 is 5.73 Å². The predicted octanol–water partition coefficient (Wildman–Crippen LogP) is 2.62. The van der Waals surface area contributed by atoms with Crippen LogP contribution >= 0.6 is 11.8 Å². The molecule has 0 unspecified atom stereocenters. The van der Waals surface area contributed by atoms with Crippen molar-refractivity contribution in [3.63, 3.8) is 0 Å². The molecule has 0 bridgehead atoms. The molecule has 1 atom stereocenters. The van der Waals surface area contributed by atoms with E-state index in [1.807, 2.05) is 48.7 Å². The summed E-state index contributed by atoms with van der Waals surface area (Å²) in [6.07, 6.45) is 3.37. The average molecular weight is 396 g/mol. The molecule has 2 aromatic heterocycles. The van der Waals surface area contributed by atoms with Gasteiger partial charge in [0.1, 0.15) is 0 Å². The van der Waals surface area contributed by atoms with Crippen molar-refractivity contribution in [2.45, 2.75) is 31.2 Å². The number of nitrogens with two attached hydrogens (primary N) is 1. The molecule has 0 saturated carbocycles. The average Bonchev–Trinajstić information content (AvgIpc) is 3.07. The fraction of sp³-hybridized carbons (Fsp3) is 0.211. The van der Waals surface area contributed by atoms with E-state index >= 15 is 0 Å². The lowest BCUT2D eigenvalue weighted by Crippen LogP contribution is -2.39. The molecule has 144 valence electrons. The molecule has 9 heteroatoms. The smallest absolute Gasteiger partial charge is 0.318 e. The van der Waals surface area contributed by atoms with E-state index in [1.54, 1.807) is 19.3 Å². The molecule has 3 N–H and O–H groups in total. The van der Waals surface area contributed by atoms with Crippen molar-refractivity contribution < 1.29 is 9.59 Å². The Bertz CT molecular complexity index is 1020. The molecule has 0 fully saturated rings. The maximum Gasteiger partial charge on any atom is 0.318 e. The number of thioether (sulfide) groups is 1. The molecule has 28 heavy (non-hydrogen) atoms. The number of carbonyl (C=O) groups is 2.